The molecule has 3 unspecified atom stereocenters. The Bertz CT molecular complexity index is 397. The van der Waals surface area contributed by atoms with Crippen molar-refractivity contribution in [3.05, 3.63) is 0 Å². The predicted molar refractivity (Wildman–Crippen MR) is 75.7 cm³/mol. The van der Waals surface area contributed by atoms with Gasteiger partial charge in [-0.05, 0) is 18.8 Å². The van der Waals surface area contributed by atoms with Crippen LogP contribution in [0.1, 0.15) is 39.5 Å². The Morgan fingerprint density at radius 3 is 2.33 bits per heavy atom. The molecule has 0 bridgehead atoms. The minimum absolute atomic E-state index is 0.121. The van der Waals surface area contributed by atoms with Crippen LogP contribution in [0.25, 0.3) is 0 Å². The number of urea groups is 1. The van der Waals surface area contributed by atoms with Crippen molar-refractivity contribution in [2.24, 2.45) is 11.8 Å². The van der Waals surface area contributed by atoms with Crippen molar-refractivity contribution in [2.45, 2.75) is 51.6 Å². The second-order valence-corrected chi connectivity index (χ2v) is 5.70. The number of carbonyl (C=O) groups excluding carboxylic acids is 2. The Labute approximate surface area is 124 Å². The van der Waals surface area contributed by atoms with Crippen LogP contribution in [0, 0.1) is 11.8 Å². The van der Waals surface area contributed by atoms with Gasteiger partial charge in [-0.25, -0.2) is 9.59 Å². The van der Waals surface area contributed by atoms with Gasteiger partial charge in [0, 0.05) is 6.04 Å². The van der Waals surface area contributed by atoms with E-state index >= 15 is 0 Å². The van der Waals surface area contributed by atoms with Crippen LogP contribution in [0.15, 0.2) is 0 Å². The van der Waals surface area contributed by atoms with Crippen LogP contribution < -0.4 is 10.6 Å². The van der Waals surface area contributed by atoms with Crippen molar-refractivity contribution in [3.8, 4) is 0 Å². The van der Waals surface area contributed by atoms with Crippen LogP contribution in [-0.4, -0.2) is 42.3 Å². The highest BCUT2D eigenvalue weighted by Gasteiger charge is 2.33. The molecule has 0 spiro atoms. The Hall–Kier alpha value is -1.79. The molecule has 1 fully saturated rings. The van der Waals surface area contributed by atoms with E-state index in [-0.39, 0.29) is 5.92 Å². The number of ether oxygens (including phenoxy) is 1. The highest BCUT2D eigenvalue weighted by molar-refractivity contribution is 5.84. The maximum absolute atomic E-state index is 12.0. The number of carbonyl (C=O) groups is 3. The minimum atomic E-state index is -0.895. The van der Waals surface area contributed by atoms with Crippen LogP contribution in [0.4, 0.5) is 4.79 Å². The summed E-state index contributed by atoms with van der Waals surface area (Å²) in [5.74, 6) is -2.10. The number of hydrogen-bond donors (Lipinski definition) is 3. The van der Waals surface area contributed by atoms with E-state index in [0.29, 0.717) is 12.8 Å². The topological polar surface area (TPSA) is 105 Å². The molecule has 0 radical (unpaired) electrons. The zero-order valence-electron chi connectivity index (χ0n) is 12.7. The SMILES string of the molecule is COC(=O)C(NC(=O)NC1CCCCC1C(=O)O)C(C)C. The lowest BCUT2D eigenvalue weighted by Gasteiger charge is -2.30. The first-order valence-electron chi connectivity index (χ1n) is 7.24. The van der Waals surface area contributed by atoms with Crippen molar-refractivity contribution < 1.29 is 24.2 Å². The van der Waals surface area contributed by atoms with Crippen LogP contribution in [-0.2, 0) is 14.3 Å². The number of carboxylic acid groups (broad SMARTS) is 1. The number of rotatable bonds is 5. The molecule has 3 atom stereocenters. The molecule has 1 rings (SSSR count). The fraction of sp³-hybridized carbons (Fsp3) is 0.786. The summed E-state index contributed by atoms with van der Waals surface area (Å²) >= 11 is 0. The number of esters is 1. The maximum atomic E-state index is 12.0. The molecule has 0 saturated heterocycles. The van der Waals surface area contributed by atoms with E-state index < -0.39 is 36.0 Å². The summed E-state index contributed by atoms with van der Waals surface area (Å²) in [6, 6.07) is -1.68. The smallest absolute Gasteiger partial charge is 0.328 e. The highest BCUT2D eigenvalue weighted by Crippen LogP contribution is 2.24. The Balaban J connectivity index is 2.62. The predicted octanol–water partition coefficient (Wildman–Crippen LogP) is 1.13. The van der Waals surface area contributed by atoms with Crippen molar-refractivity contribution in [1.29, 1.82) is 0 Å². The van der Waals surface area contributed by atoms with Gasteiger partial charge in [-0.15, -0.1) is 0 Å². The zero-order chi connectivity index (χ0) is 16.0. The molecule has 0 aliphatic heterocycles. The molecule has 1 aliphatic rings. The van der Waals surface area contributed by atoms with Gasteiger partial charge in [-0.2, -0.15) is 0 Å². The molecule has 0 aromatic rings. The highest BCUT2D eigenvalue weighted by atomic mass is 16.5. The second kappa shape index (κ2) is 7.85. The normalized spacial score (nSPS) is 23.2. The molecule has 0 heterocycles. The molecular weight excluding hydrogens is 276 g/mol. The lowest BCUT2D eigenvalue weighted by Crippen LogP contribution is -2.54. The lowest BCUT2D eigenvalue weighted by atomic mass is 9.84. The molecule has 7 nitrogen and oxygen atoms in total. The molecule has 21 heavy (non-hydrogen) atoms. The van der Waals surface area contributed by atoms with Gasteiger partial charge in [-0.3, -0.25) is 4.79 Å². The summed E-state index contributed by atoms with van der Waals surface area (Å²) in [4.78, 5) is 34.8. The minimum Gasteiger partial charge on any atom is -0.481 e. The fourth-order valence-corrected chi connectivity index (χ4v) is 2.58. The number of aliphatic carboxylic acids is 1. The number of methoxy groups -OCH3 is 1. The van der Waals surface area contributed by atoms with Gasteiger partial charge in [0.2, 0.25) is 0 Å². The summed E-state index contributed by atoms with van der Waals surface area (Å²) in [7, 11) is 1.26. The molecule has 0 aromatic carbocycles. The van der Waals surface area contributed by atoms with Gasteiger partial charge in [0.05, 0.1) is 13.0 Å². The molecule has 7 heteroatoms. The Morgan fingerprint density at radius 1 is 1.19 bits per heavy atom. The number of amides is 2. The molecule has 2 amide bonds. The molecule has 120 valence electrons. The van der Waals surface area contributed by atoms with E-state index in [1.54, 1.807) is 13.8 Å². The van der Waals surface area contributed by atoms with Gasteiger partial charge < -0.3 is 20.5 Å². The molecular formula is C14H24N2O5. The first-order valence-corrected chi connectivity index (χ1v) is 7.24. The monoisotopic (exact) mass is 300 g/mol. The maximum Gasteiger partial charge on any atom is 0.328 e. The van der Waals surface area contributed by atoms with Gasteiger partial charge in [0.1, 0.15) is 6.04 Å². The summed E-state index contributed by atoms with van der Waals surface area (Å²) in [6.07, 6.45) is 2.94. The van der Waals surface area contributed by atoms with Crippen molar-refractivity contribution in [1.82, 2.24) is 10.6 Å². The summed E-state index contributed by atoms with van der Waals surface area (Å²) in [5.41, 5.74) is 0. The number of nitrogens with one attached hydrogen (secondary N) is 2. The van der Waals surface area contributed by atoms with Crippen LogP contribution in [0.2, 0.25) is 0 Å². The third-order valence-electron chi connectivity index (χ3n) is 3.81. The average molecular weight is 300 g/mol. The van der Waals surface area contributed by atoms with E-state index in [4.69, 9.17) is 0 Å². The van der Waals surface area contributed by atoms with E-state index in [2.05, 4.69) is 15.4 Å². The average Bonchev–Trinajstić information content (AvgIpc) is 2.44. The van der Waals surface area contributed by atoms with Crippen LogP contribution in [0.3, 0.4) is 0 Å². The number of carboxylic acids is 1. The van der Waals surface area contributed by atoms with Crippen molar-refractivity contribution >= 4 is 18.0 Å². The molecule has 1 aliphatic carbocycles. The zero-order valence-corrected chi connectivity index (χ0v) is 12.7. The molecule has 0 aromatic heterocycles. The van der Waals surface area contributed by atoms with Gasteiger partial charge >= 0.3 is 18.0 Å². The second-order valence-electron chi connectivity index (χ2n) is 5.70. The van der Waals surface area contributed by atoms with Gasteiger partial charge in [0.15, 0.2) is 0 Å². The van der Waals surface area contributed by atoms with Crippen LogP contribution in [0.5, 0.6) is 0 Å². The summed E-state index contributed by atoms with van der Waals surface area (Å²) in [6.45, 7) is 3.59. The number of hydrogen-bond acceptors (Lipinski definition) is 4. The van der Waals surface area contributed by atoms with Crippen LogP contribution >= 0.6 is 0 Å². The first kappa shape index (κ1) is 17.3. The molecule has 1 saturated carbocycles. The quantitative estimate of drug-likeness (QED) is 0.660. The van der Waals surface area contributed by atoms with E-state index in [1.807, 2.05) is 0 Å². The van der Waals surface area contributed by atoms with Gasteiger partial charge in [-0.1, -0.05) is 26.7 Å². The lowest BCUT2D eigenvalue weighted by molar-refractivity contribution is -0.145. The van der Waals surface area contributed by atoms with Crippen molar-refractivity contribution in [3.63, 3.8) is 0 Å². The molecule has 3 N–H and O–H groups in total. The largest absolute Gasteiger partial charge is 0.481 e. The summed E-state index contributed by atoms with van der Waals surface area (Å²) in [5, 5.41) is 14.4. The third kappa shape index (κ3) is 4.91. The van der Waals surface area contributed by atoms with E-state index in [9.17, 15) is 19.5 Å². The van der Waals surface area contributed by atoms with Crippen molar-refractivity contribution in [2.75, 3.05) is 7.11 Å². The first-order chi connectivity index (χ1) is 9.86. The Kier molecular flexibility index (Phi) is 6.45. The van der Waals surface area contributed by atoms with Gasteiger partial charge in [0.25, 0.3) is 0 Å². The summed E-state index contributed by atoms with van der Waals surface area (Å²) < 4.78 is 4.65. The Morgan fingerprint density at radius 2 is 1.81 bits per heavy atom. The third-order valence-corrected chi connectivity index (χ3v) is 3.81. The van der Waals surface area contributed by atoms with E-state index in [1.165, 1.54) is 7.11 Å². The fourth-order valence-electron chi connectivity index (χ4n) is 2.58. The standard InChI is InChI=1S/C14H24N2O5/c1-8(2)11(13(19)21-3)16-14(20)15-10-7-5-4-6-9(10)12(17)18/h8-11H,4-7H2,1-3H3,(H,17,18)(H2,15,16,20). The van der Waals surface area contributed by atoms with E-state index in [0.717, 1.165) is 12.8 Å².